The molecule has 0 radical (unpaired) electrons. The first-order valence-electron chi connectivity index (χ1n) is 8.64. The number of alkyl halides is 2. The van der Waals surface area contributed by atoms with Crippen molar-refractivity contribution in [1.29, 1.82) is 0 Å². The molecular weight excluding hydrogens is 358 g/mol. The molecule has 3 rings (SSSR count). The van der Waals surface area contributed by atoms with Crippen molar-refractivity contribution < 1.29 is 18.0 Å². The lowest BCUT2D eigenvalue weighted by Gasteiger charge is -2.16. The van der Waals surface area contributed by atoms with Gasteiger partial charge in [0.1, 0.15) is 11.5 Å². The molecule has 1 fully saturated rings. The number of hydrogen-bond acceptors (Lipinski definition) is 4. The zero-order valence-corrected chi connectivity index (χ0v) is 15.2. The Kier molecular flexibility index (Phi) is 6.68. The molecule has 7 heteroatoms. The first-order chi connectivity index (χ1) is 12.6. The topological polar surface area (TPSA) is 45.5 Å². The van der Waals surface area contributed by atoms with Crippen molar-refractivity contribution in [2.45, 2.75) is 44.0 Å². The quantitative estimate of drug-likeness (QED) is 0.710. The maximum absolute atomic E-state index is 12.2. The van der Waals surface area contributed by atoms with Crippen LogP contribution in [0.1, 0.15) is 35.5 Å². The number of halogens is 2. The van der Waals surface area contributed by atoms with Gasteiger partial charge in [0.2, 0.25) is 5.91 Å². The summed E-state index contributed by atoms with van der Waals surface area (Å²) in [6, 6.07) is 11.7. The summed E-state index contributed by atoms with van der Waals surface area (Å²) in [5.41, 5.74) is 2.26. The van der Waals surface area contributed by atoms with E-state index in [1.165, 1.54) is 0 Å². The molecule has 0 saturated carbocycles. The fourth-order valence-electron chi connectivity index (χ4n) is 3.00. The Hall–Kier alpha value is -1.86. The van der Waals surface area contributed by atoms with Gasteiger partial charge >= 0.3 is 0 Å². The van der Waals surface area contributed by atoms with E-state index < -0.39 is 5.76 Å². The van der Waals surface area contributed by atoms with E-state index in [1.807, 2.05) is 29.2 Å². The van der Waals surface area contributed by atoms with Gasteiger partial charge < -0.3 is 14.6 Å². The second-order valence-electron chi connectivity index (χ2n) is 6.28. The van der Waals surface area contributed by atoms with Gasteiger partial charge in [0, 0.05) is 26.1 Å². The molecule has 0 bridgehead atoms. The number of carbonyl (C=O) groups excluding carboxylic acids is 1. The number of benzene rings is 1. The standard InChI is InChI=1S/C19H22F2N2O2S/c20-19(21)26-13-17-7-6-16(25-17)11-22-10-14-3-1-4-15(9-14)12-23-8-2-5-18(23)24/h1,3-4,6-7,9,19,22H,2,5,8,10-13H2. The molecule has 1 saturated heterocycles. The van der Waals surface area contributed by atoms with Crippen LogP contribution in [0.5, 0.6) is 0 Å². The second kappa shape index (κ2) is 9.19. The van der Waals surface area contributed by atoms with E-state index in [1.54, 1.807) is 6.07 Å². The summed E-state index contributed by atoms with van der Waals surface area (Å²) in [5.74, 6) is -0.690. The average Bonchev–Trinajstić information content (AvgIpc) is 3.23. The fourth-order valence-corrected chi connectivity index (χ4v) is 3.45. The lowest BCUT2D eigenvalue weighted by atomic mass is 10.1. The number of furan rings is 1. The van der Waals surface area contributed by atoms with Gasteiger partial charge in [0.25, 0.3) is 5.76 Å². The number of thioether (sulfide) groups is 1. The van der Waals surface area contributed by atoms with Crippen LogP contribution in [0, 0.1) is 0 Å². The lowest BCUT2D eigenvalue weighted by Crippen LogP contribution is -2.23. The highest BCUT2D eigenvalue weighted by atomic mass is 32.2. The van der Waals surface area contributed by atoms with Crippen LogP contribution in [0.4, 0.5) is 8.78 Å². The van der Waals surface area contributed by atoms with Crippen molar-refractivity contribution in [1.82, 2.24) is 10.2 Å². The Morgan fingerprint density at radius 1 is 1.15 bits per heavy atom. The number of nitrogens with one attached hydrogen (secondary N) is 1. The molecule has 2 heterocycles. The molecule has 1 amide bonds. The van der Waals surface area contributed by atoms with Crippen LogP contribution in [-0.4, -0.2) is 23.1 Å². The summed E-state index contributed by atoms with van der Waals surface area (Å²) in [5, 5.41) is 3.30. The molecule has 0 aliphatic carbocycles. The van der Waals surface area contributed by atoms with E-state index in [0.29, 0.717) is 43.6 Å². The van der Waals surface area contributed by atoms with Gasteiger partial charge in [-0.2, -0.15) is 8.78 Å². The fraction of sp³-hybridized carbons (Fsp3) is 0.421. The molecule has 1 N–H and O–H groups in total. The minimum Gasteiger partial charge on any atom is -0.464 e. The molecule has 1 aliphatic rings. The van der Waals surface area contributed by atoms with Crippen molar-refractivity contribution in [3.8, 4) is 0 Å². The molecule has 1 aromatic carbocycles. The summed E-state index contributed by atoms with van der Waals surface area (Å²) in [6.07, 6.45) is 1.60. The minimum atomic E-state index is -2.38. The molecule has 4 nitrogen and oxygen atoms in total. The summed E-state index contributed by atoms with van der Waals surface area (Å²) in [6.45, 7) is 2.71. The third kappa shape index (κ3) is 5.57. The van der Waals surface area contributed by atoms with Crippen LogP contribution < -0.4 is 5.32 Å². The van der Waals surface area contributed by atoms with Crippen LogP contribution in [-0.2, 0) is 30.2 Å². The molecule has 0 spiro atoms. The number of carbonyl (C=O) groups is 1. The summed E-state index contributed by atoms with van der Waals surface area (Å²) in [4.78, 5) is 13.6. The van der Waals surface area contributed by atoms with Gasteiger partial charge in [-0.15, -0.1) is 0 Å². The molecule has 0 unspecified atom stereocenters. The largest absolute Gasteiger partial charge is 0.464 e. The number of likely N-dealkylation sites (tertiary alicyclic amines) is 1. The van der Waals surface area contributed by atoms with Crippen LogP contribution in [0.25, 0.3) is 0 Å². The van der Waals surface area contributed by atoms with E-state index >= 15 is 0 Å². The van der Waals surface area contributed by atoms with Crippen molar-refractivity contribution in [3.05, 3.63) is 59.0 Å². The summed E-state index contributed by atoms with van der Waals surface area (Å²) < 4.78 is 29.9. The normalized spacial score (nSPS) is 14.6. The highest BCUT2D eigenvalue weighted by molar-refractivity contribution is 7.98. The van der Waals surface area contributed by atoms with E-state index in [0.717, 1.165) is 29.9 Å². The summed E-state index contributed by atoms with van der Waals surface area (Å²) in [7, 11) is 0. The molecule has 0 atom stereocenters. The number of nitrogens with zero attached hydrogens (tertiary/aromatic N) is 1. The Labute approximate surface area is 155 Å². The highest BCUT2D eigenvalue weighted by Gasteiger charge is 2.19. The molecule has 2 aromatic rings. The van der Waals surface area contributed by atoms with E-state index in [-0.39, 0.29) is 11.7 Å². The Balaban J connectivity index is 1.46. The molecule has 26 heavy (non-hydrogen) atoms. The van der Waals surface area contributed by atoms with Crippen molar-refractivity contribution >= 4 is 17.7 Å². The zero-order valence-electron chi connectivity index (χ0n) is 14.4. The maximum Gasteiger partial charge on any atom is 0.284 e. The predicted molar refractivity (Wildman–Crippen MR) is 97.6 cm³/mol. The van der Waals surface area contributed by atoms with E-state index in [4.69, 9.17) is 4.42 Å². The second-order valence-corrected chi connectivity index (χ2v) is 7.26. The third-order valence-corrected chi connectivity index (χ3v) is 4.94. The minimum absolute atomic E-state index is 0.176. The SMILES string of the molecule is O=C1CCCN1Cc1cccc(CNCc2ccc(CSC(F)F)o2)c1. The number of amides is 1. The Morgan fingerprint density at radius 2 is 1.96 bits per heavy atom. The Morgan fingerprint density at radius 3 is 2.73 bits per heavy atom. The molecule has 1 aromatic heterocycles. The maximum atomic E-state index is 12.2. The van der Waals surface area contributed by atoms with E-state index in [9.17, 15) is 13.6 Å². The van der Waals surface area contributed by atoms with Crippen molar-refractivity contribution in [3.63, 3.8) is 0 Å². The van der Waals surface area contributed by atoms with Crippen LogP contribution >= 0.6 is 11.8 Å². The van der Waals surface area contributed by atoms with E-state index in [2.05, 4.69) is 11.4 Å². The predicted octanol–water partition coefficient (Wildman–Crippen LogP) is 4.15. The van der Waals surface area contributed by atoms with Gasteiger partial charge in [-0.3, -0.25) is 4.79 Å². The Bertz CT molecular complexity index is 736. The lowest BCUT2D eigenvalue weighted by molar-refractivity contribution is -0.128. The third-order valence-electron chi connectivity index (χ3n) is 4.23. The van der Waals surface area contributed by atoms with Gasteiger partial charge in [0.05, 0.1) is 12.3 Å². The van der Waals surface area contributed by atoms with Gasteiger partial charge in [-0.25, -0.2) is 0 Å². The molecule has 140 valence electrons. The molecule has 1 aliphatic heterocycles. The summed E-state index contributed by atoms with van der Waals surface area (Å²) >= 11 is 0.558. The van der Waals surface area contributed by atoms with Crippen LogP contribution in [0.2, 0.25) is 0 Å². The van der Waals surface area contributed by atoms with Crippen molar-refractivity contribution in [2.24, 2.45) is 0 Å². The monoisotopic (exact) mass is 380 g/mol. The van der Waals surface area contributed by atoms with Crippen LogP contribution in [0.15, 0.2) is 40.8 Å². The smallest absolute Gasteiger partial charge is 0.284 e. The first kappa shape index (κ1) is 18.9. The van der Waals surface area contributed by atoms with Crippen LogP contribution in [0.3, 0.4) is 0 Å². The number of rotatable bonds is 9. The average molecular weight is 380 g/mol. The zero-order chi connectivity index (χ0) is 18.4. The first-order valence-corrected chi connectivity index (χ1v) is 9.68. The number of hydrogen-bond donors (Lipinski definition) is 1. The van der Waals surface area contributed by atoms with Gasteiger partial charge in [-0.05, 0) is 29.7 Å². The van der Waals surface area contributed by atoms with Crippen molar-refractivity contribution in [2.75, 3.05) is 6.54 Å². The highest BCUT2D eigenvalue weighted by Crippen LogP contribution is 2.21. The van der Waals surface area contributed by atoms with Gasteiger partial charge in [-0.1, -0.05) is 36.0 Å². The molecular formula is C19H22F2N2O2S. The van der Waals surface area contributed by atoms with Gasteiger partial charge in [0.15, 0.2) is 0 Å².